The van der Waals surface area contributed by atoms with E-state index in [4.69, 9.17) is 11.6 Å². The maximum Gasteiger partial charge on any atom is 0.416 e. The SMILES string of the molecule is NS(=O)(=O)c1cc(C(F)(F)F)cc(Cl)n1. The summed E-state index contributed by atoms with van der Waals surface area (Å²) in [5.74, 6) is 0. The molecule has 1 rings (SSSR count). The van der Waals surface area contributed by atoms with Gasteiger partial charge in [0.15, 0.2) is 5.03 Å². The van der Waals surface area contributed by atoms with Gasteiger partial charge in [-0.2, -0.15) is 13.2 Å². The second kappa shape index (κ2) is 3.62. The summed E-state index contributed by atoms with van der Waals surface area (Å²) >= 11 is 5.23. The highest BCUT2D eigenvalue weighted by Gasteiger charge is 2.32. The molecule has 0 atom stereocenters. The molecule has 0 radical (unpaired) electrons. The molecule has 9 heteroatoms. The third-order valence-corrected chi connectivity index (χ3v) is 2.38. The second-order valence-electron chi connectivity index (χ2n) is 2.56. The molecular formula is C6H4ClF3N2O2S. The maximum atomic E-state index is 12.2. The first-order valence-corrected chi connectivity index (χ1v) is 5.31. The number of aromatic nitrogens is 1. The van der Waals surface area contributed by atoms with Crippen LogP contribution >= 0.6 is 11.6 Å². The molecule has 4 nitrogen and oxygen atoms in total. The molecule has 15 heavy (non-hydrogen) atoms. The minimum atomic E-state index is -4.70. The van der Waals surface area contributed by atoms with E-state index >= 15 is 0 Å². The van der Waals surface area contributed by atoms with E-state index in [2.05, 4.69) is 10.1 Å². The Bertz CT molecular complexity index is 486. The fourth-order valence-corrected chi connectivity index (χ4v) is 1.56. The van der Waals surface area contributed by atoms with Gasteiger partial charge in [-0.1, -0.05) is 11.6 Å². The van der Waals surface area contributed by atoms with Crippen LogP contribution in [0.15, 0.2) is 17.2 Å². The standard InChI is InChI=1S/C6H4ClF3N2O2S/c7-4-1-3(6(8,9)10)2-5(12-4)15(11,13)14/h1-2H,(H2,11,13,14). The number of primary sulfonamides is 1. The number of alkyl halides is 3. The molecule has 0 bridgehead atoms. The van der Waals surface area contributed by atoms with Gasteiger partial charge >= 0.3 is 6.18 Å². The van der Waals surface area contributed by atoms with Gasteiger partial charge in [-0.25, -0.2) is 18.5 Å². The molecular weight excluding hydrogens is 257 g/mol. The predicted octanol–water partition coefficient (Wildman–Crippen LogP) is 1.40. The van der Waals surface area contributed by atoms with Crippen LogP contribution < -0.4 is 5.14 Å². The molecule has 2 N–H and O–H groups in total. The molecule has 0 aromatic carbocycles. The van der Waals surface area contributed by atoms with E-state index in [1.165, 1.54) is 0 Å². The Morgan fingerprint density at radius 3 is 2.27 bits per heavy atom. The van der Waals surface area contributed by atoms with Crippen LogP contribution in [0.1, 0.15) is 5.56 Å². The van der Waals surface area contributed by atoms with Crippen molar-refractivity contribution in [3.63, 3.8) is 0 Å². The highest BCUT2D eigenvalue weighted by Crippen LogP contribution is 2.31. The van der Waals surface area contributed by atoms with E-state index in [1.807, 2.05) is 0 Å². The number of halogens is 4. The van der Waals surface area contributed by atoms with Crippen LogP contribution in [0.4, 0.5) is 13.2 Å². The van der Waals surface area contributed by atoms with E-state index in [0.717, 1.165) is 0 Å². The number of nitrogens with two attached hydrogens (primary N) is 1. The highest BCUT2D eigenvalue weighted by molar-refractivity contribution is 7.89. The third-order valence-electron chi connectivity index (χ3n) is 1.39. The van der Waals surface area contributed by atoms with Gasteiger partial charge in [0, 0.05) is 0 Å². The summed E-state index contributed by atoms with van der Waals surface area (Å²) in [5, 5.41) is 3.12. The van der Waals surface area contributed by atoms with E-state index in [-0.39, 0.29) is 0 Å². The number of pyridine rings is 1. The van der Waals surface area contributed by atoms with Crippen LogP contribution in [-0.4, -0.2) is 13.4 Å². The fourth-order valence-electron chi connectivity index (χ4n) is 0.782. The van der Waals surface area contributed by atoms with Gasteiger partial charge < -0.3 is 0 Å². The summed E-state index contributed by atoms with van der Waals surface area (Å²) in [6.07, 6.45) is -4.70. The highest BCUT2D eigenvalue weighted by atomic mass is 35.5. The summed E-state index contributed by atoms with van der Waals surface area (Å²) in [6.45, 7) is 0. The molecule has 1 aromatic heterocycles. The lowest BCUT2D eigenvalue weighted by Gasteiger charge is -2.07. The Morgan fingerprint density at radius 1 is 1.33 bits per heavy atom. The molecule has 0 amide bonds. The Labute approximate surface area is 87.9 Å². The van der Waals surface area contributed by atoms with Crippen molar-refractivity contribution in [1.29, 1.82) is 0 Å². The number of rotatable bonds is 1. The smallest absolute Gasteiger partial charge is 0.223 e. The van der Waals surface area contributed by atoms with Gasteiger partial charge in [-0.05, 0) is 12.1 Å². The summed E-state index contributed by atoms with van der Waals surface area (Å²) in [7, 11) is -4.30. The molecule has 0 aliphatic carbocycles. The average molecular weight is 261 g/mol. The summed E-state index contributed by atoms with van der Waals surface area (Å²) in [4.78, 5) is 3.17. The third kappa shape index (κ3) is 3.05. The van der Waals surface area contributed by atoms with Gasteiger partial charge in [-0.15, -0.1) is 0 Å². The molecule has 1 heterocycles. The minimum Gasteiger partial charge on any atom is -0.223 e. The van der Waals surface area contributed by atoms with Crippen LogP contribution in [0.2, 0.25) is 5.15 Å². The Balaban J connectivity index is 3.43. The Morgan fingerprint density at radius 2 is 1.87 bits per heavy atom. The number of hydrogen-bond donors (Lipinski definition) is 1. The first-order chi connectivity index (χ1) is 6.60. The van der Waals surface area contributed by atoms with Crippen molar-refractivity contribution >= 4 is 21.6 Å². The quantitative estimate of drug-likeness (QED) is 0.776. The van der Waals surface area contributed by atoms with E-state index in [0.29, 0.717) is 12.1 Å². The van der Waals surface area contributed by atoms with Gasteiger partial charge in [0.25, 0.3) is 10.0 Å². The normalized spacial score (nSPS) is 12.9. The zero-order valence-electron chi connectivity index (χ0n) is 6.92. The average Bonchev–Trinajstić information content (AvgIpc) is 1.99. The van der Waals surface area contributed by atoms with Gasteiger partial charge in [0.2, 0.25) is 0 Å². The van der Waals surface area contributed by atoms with Crippen LogP contribution in [0.3, 0.4) is 0 Å². The lowest BCUT2D eigenvalue weighted by Crippen LogP contribution is -2.16. The van der Waals surface area contributed by atoms with Crippen molar-refractivity contribution in [3.8, 4) is 0 Å². The van der Waals surface area contributed by atoms with Crippen molar-refractivity contribution in [2.24, 2.45) is 5.14 Å². The van der Waals surface area contributed by atoms with Crippen molar-refractivity contribution in [2.45, 2.75) is 11.2 Å². The van der Waals surface area contributed by atoms with Gasteiger partial charge in [-0.3, -0.25) is 0 Å². The van der Waals surface area contributed by atoms with Crippen molar-refractivity contribution in [1.82, 2.24) is 4.98 Å². The molecule has 0 unspecified atom stereocenters. The van der Waals surface area contributed by atoms with E-state index in [1.54, 1.807) is 0 Å². The van der Waals surface area contributed by atoms with Crippen molar-refractivity contribution in [3.05, 3.63) is 22.8 Å². The van der Waals surface area contributed by atoms with Crippen molar-refractivity contribution < 1.29 is 21.6 Å². The second-order valence-corrected chi connectivity index (χ2v) is 4.46. The summed E-state index contributed by atoms with van der Waals surface area (Å²) in [6, 6.07) is 0.831. The van der Waals surface area contributed by atoms with Crippen LogP contribution in [-0.2, 0) is 16.2 Å². The van der Waals surface area contributed by atoms with Crippen LogP contribution in [0, 0.1) is 0 Å². The molecule has 84 valence electrons. The number of nitrogens with zero attached hydrogens (tertiary/aromatic N) is 1. The minimum absolute atomic E-state index is 0.321. The topological polar surface area (TPSA) is 73.1 Å². The molecule has 0 aliphatic rings. The van der Waals surface area contributed by atoms with Gasteiger partial charge in [0.05, 0.1) is 5.56 Å². The van der Waals surface area contributed by atoms with E-state index in [9.17, 15) is 21.6 Å². The summed E-state index contributed by atoms with van der Waals surface area (Å²) < 4.78 is 58.1. The maximum absolute atomic E-state index is 12.2. The molecule has 0 aliphatic heterocycles. The first kappa shape index (κ1) is 12.2. The van der Waals surface area contributed by atoms with Gasteiger partial charge in [0.1, 0.15) is 5.15 Å². The van der Waals surface area contributed by atoms with Crippen LogP contribution in [0.25, 0.3) is 0 Å². The van der Waals surface area contributed by atoms with E-state index < -0.39 is 31.9 Å². The largest absolute Gasteiger partial charge is 0.416 e. The van der Waals surface area contributed by atoms with Crippen molar-refractivity contribution in [2.75, 3.05) is 0 Å². The predicted molar refractivity (Wildman–Crippen MR) is 45.6 cm³/mol. The Hall–Kier alpha value is -0.860. The molecule has 0 saturated carbocycles. The lowest BCUT2D eigenvalue weighted by atomic mass is 10.3. The van der Waals surface area contributed by atoms with Crippen LogP contribution in [0.5, 0.6) is 0 Å². The molecule has 0 spiro atoms. The Kier molecular flexibility index (Phi) is 2.94. The lowest BCUT2D eigenvalue weighted by molar-refractivity contribution is -0.137. The zero-order valence-corrected chi connectivity index (χ0v) is 8.49. The first-order valence-electron chi connectivity index (χ1n) is 3.38. The number of hydrogen-bond acceptors (Lipinski definition) is 3. The molecule has 0 saturated heterocycles. The zero-order chi connectivity index (χ0) is 11.9. The molecule has 1 aromatic rings. The monoisotopic (exact) mass is 260 g/mol. The summed E-state index contributed by atoms with van der Waals surface area (Å²) in [5.41, 5.74) is -1.22. The fraction of sp³-hybridized carbons (Fsp3) is 0.167. The number of sulfonamides is 1. The molecule has 0 fully saturated rings.